The van der Waals surface area contributed by atoms with E-state index in [-0.39, 0.29) is 16.6 Å². The molecule has 1 aliphatic carbocycles. The number of likely N-dealkylation sites (N-methyl/N-ethyl adjacent to an activating group) is 1. The van der Waals surface area contributed by atoms with E-state index in [0.717, 1.165) is 22.6 Å². The van der Waals surface area contributed by atoms with Gasteiger partial charge < -0.3 is 4.57 Å². The van der Waals surface area contributed by atoms with Crippen molar-refractivity contribution in [2.45, 2.75) is 51.9 Å². The van der Waals surface area contributed by atoms with Crippen molar-refractivity contribution in [1.29, 1.82) is 0 Å². The van der Waals surface area contributed by atoms with Crippen LogP contribution >= 0.6 is 12.2 Å². The summed E-state index contributed by atoms with van der Waals surface area (Å²) in [5.41, 5.74) is 5.50. The summed E-state index contributed by atoms with van der Waals surface area (Å²) >= 11 is 5.01. The number of amides is 2. The number of thiocarbonyl (C=S) groups is 1. The molecule has 4 rings (SSSR count). The van der Waals surface area contributed by atoms with Crippen LogP contribution in [-0.4, -0.2) is 33.4 Å². The lowest BCUT2D eigenvalue weighted by molar-refractivity contribution is -0.128. The number of hydrogen-bond acceptors (Lipinski definition) is 3. The van der Waals surface area contributed by atoms with Crippen molar-refractivity contribution < 1.29 is 9.59 Å². The Bertz CT molecular complexity index is 1040. The van der Waals surface area contributed by atoms with E-state index in [1.54, 1.807) is 13.1 Å². The third kappa shape index (κ3) is 3.72. The van der Waals surface area contributed by atoms with Gasteiger partial charge in [0.2, 0.25) is 0 Å². The van der Waals surface area contributed by atoms with Crippen LogP contribution in [0.5, 0.6) is 0 Å². The van der Waals surface area contributed by atoms with Gasteiger partial charge in [-0.2, -0.15) is 0 Å². The third-order valence-electron chi connectivity index (χ3n) is 6.30. The Hall–Kier alpha value is -2.73. The van der Waals surface area contributed by atoms with Crippen LogP contribution in [0.2, 0.25) is 0 Å². The Kier molecular flexibility index (Phi) is 5.60. The molecule has 2 aliphatic rings. The molecule has 1 aromatic carbocycles. The molecule has 156 valence electrons. The maximum absolute atomic E-state index is 12.5. The van der Waals surface area contributed by atoms with Crippen LogP contribution in [0.25, 0.3) is 11.8 Å². The van der Waals surface area contributed by atoms with Crippen molar-refractivity contribution in [2.75, 3.05) is 7.05 Å². The number of aromatic nitrogens is 1. The first-order chi connectivity index (χ1) is 14.4. The first kappa shape index (κ1) is 20.5. The number of rotatable bonds is 3. The Morgan fingerprint density at radius 2 is 1.73 bits per heavy atom. The van der Waals surface area contributed by atoms with Crippen molar-refractivity contribution in [3.05, 3.63) is 58.4 Å². The molecule has 2 amide bonds. The molecule has 0 bridgehead atoms. The monoisotopic (exact) mass is 421 g/mol. The van der Waals surface area contributed by atoms with Crippen molar-refractivity contribution in [3.8, 4) is 5.69 Å². The third-order valence-corrected chi connectivity index (χ3v) is 6.68. The molecule has 6 heteroatoms. The summed E-state index contributed by atoms with van der Waals surface area (Å²) < 4.78 is 2.16. The molecule has 30 heavy (non-hydrogen) atoms. The molecule has 0 unspecified atom stereocenters. The summed E-state index contributed by atoms with van der Waals surface area (Å²) in [5, 5.41) is 2.69. The molecule has 5 nitrogen and oxygen atoms in total. The number of nitrogens with zero attached hydrogens (tertiary/aromatic N) is 2. The van der Waals surface area contributed by atoms with E-state index in [0.29, 0.717) is 5.92 Å². The molecule has 2 fully saturated rings. The molecule has 0 spiro atoms. The van der Waals surface area contributed by atoms with Gasteiger partial charge in [-0.15, -0.1) is 0 Å². The van der Waals surface area contributed by atoms with Crippen LogP contribution in [0.15, 0.2) is 35.9 Å². The Morgan fingerprint density at radius 1 is 1.07 bits per heavy atom. The fourth-order valence-corrected chi connectivity index (χ4v) is 4.74. The second-order valence-corrected chi connectivity index (χ2v) is 8.66. The quantitative estimate of drug-likeness (QED) is 0.454. The molecule has 1 aromatic heterocycles. The lowest BCUT2D eigenvalue weighted by Gasteiger charge is -2.25. The zero-order valence-corrected chi connectivity index (χ0v) is 18.5. The van der Waals surface area contributed by atoms with E-state index in [2.05, 4.69) is 34.1 Å². The predicted octanol–water partition coefficient (Wildman–Crippen LogP) is 4.40. The van der Waals surface area contributed by atoms with E-state index in [1.807, 2.05) is 19.9 Å². The summed E-state index contributed by atoms with van der Waals surface area (Å²) in [6, 6.07) is 10.8. The molecule has 0 atom stereocenters. The molecule has 2 heterocycles. The Morgan fingerprint density at radius 3 is 2.40 bits per heavy atom. The van der Waals surface area contributed by atoms with Gasteiger partial charge in [-0.25, -0.2) is 0 Å². The summed E-state index contributed by atoms with van der Waals surface area (Å²) in [5.74, 6) is -0.158. The van der Waals surface area contributed by atoms with Crippen molar-refractivity contribution in [1.82, 2.24) is 14.8 Å². The average molecular weight is 422 g/mol. The topological polar surface area (TPSA) is 54.3 Å². The Labute approximate surface area is 182 Å². The largest absolute Gasteiger partial charge is 0.318 e. The maximum atomic E-state index is 12.5. The summed E-state index contributed by atoms with van der Waals surface area (Å²) in [6.45, 7) is 4.04. The van der Waals surface area contributed by atoms with E-state index in [1.165, 1.54) is 42.6 Å². The molecule has 1 aliphatic heterocycles. The van der Waals surface area contributed by atoms with E-state index in [9.17, 15) is 9.59 Å². The number of carbonyl (C=O) groups is 2. The number of carbonyl (C=O) groups excluding carboxylic acids is 2. The van der Waals surface area contributed by atoms with Gasteiger partial charge in [0.1, 0.15) is 5.57 Å². The predicted molar refractivity (Wildman–Crippen MR) is 123 cm³/mol. The van der Waals surface area contributed by atoms with E-state index in [4.69, 9.17) is 12.2 Å². The minimum absolute atomic E-state index is 0.0963. The molecular weight excluding hydrogens is 394 g/mol. The van der Waals surface area contributed by atoms with Crippen molar-refractivity contribution in [3.63, 3.8) is 0 Å². The molecule has 2 aromatic rings. The second-order valence-electron chi connectivity index (χ2n) is 8.27. The van der Waals surface area contributed by atoms with E-state index >= 15 is 0 Å². The SMILES string of the molecule is Cc1cc(/C=C2/C(=O)NC(=S)N(C)C2=O)c(C)n1-c1ccc(C2CCCCC2)cc1. The smallest absolute Gasteiger partial charge is 0.265 e. The van der Waals surface area contributed by atoms with Crippen LogP contribution in [-0.2, 0) is 9.59 Å². The number of nitrogens with one attached hydrogen (secondary N) is 1. The molecule has 0 radical (unpaired) electrons. The summed E-state index contributed by atoms with van der Waals surface area (Å²) in [7, 11) is 1.56. The first-order valence-corrected chi connectivity index (χ1v) is 10.9. The molecule has 1 saturated heterocycles. The van der Waals surface area contributed by atoms with Gasteiger partial charge in [0, 0.05) is 24.1 Å². The van der Waals surface area contributed by atoms with Gasteiger partial charge in [-0.3, -0.25) is 19.8 Å². The van der Waals surface area contributed by atoms with Gasteiger partial charge in [0.15, 0.2) is 5.11 Å². The van der Waals surface area contributed by atoms with Crippen LogP contribution in [0.1, 0.15) is 60.5 Å². The van der Waals surface area contributed by atoms with Crippen LogP contribution in [0, 0.1) is 13.8 Å². The maximum Gasteiger partial charge on any atom is 0.265 e. The zero-order valence-electron chi connectivity index (χ0n) is 17.7. The molecular formula is C24H27N3O2S. The van der Waals surface area contributed by atoms with Crippen LogP contribution < -0.4 is 5.32 Å². The highest BCUT2D eigenvalue weighted by molar-refractivity contribution is 7.80. The van der Waals surface area contributed by atoms with Crippen molar-refractivity contribution in [2.24, 2.45) is 0 Å². The fraction of sp³-hybridized carbons (Fsp3) is 0.375. The lowest BCUT2D eigenvalue weighted by atomic mass is 9.84. The van der Waals surface area contributed by atoms with Crippen molar-refractivity contribution >= 4 is 35.2 Å². The van der Waals surface area contributed by atoms with Crippen LogP contribution in [0.3, 0.4) is 0 Å². The van der Waals surface area contributed by atoms with Gasteiger partial charge >= 0.3 is 0 Å². The molecule has 1 saturated carbocycles. The minimum atomic E-state index is -0.454. The number of hydrogen-bond donors (Lipinski definition) is 1. The number of aryl methyl sites for hydroxylation is 1. The van der Waals surface area contributed by atoms with Gasteiger partial charge in [0.25, 0.3) is 11.8 Å². The number of benzene rings is 1. The summed E-state index contributed by atoms with van der Waals surface area (Å²) in [6.07, 6.45) is 8.24. The molecule has 1 N–H and O–H groups in total. The average Bonchev–Trinajstić information content (AvgIpc) is 3.03. The van der Waals surface area contributed by atoms with Gasteiger partial charge in [0.05, 0.1) is 0 Å². The highest BCUT2D eigenvalue weighted by Crippen LogP contribution is 2.33. The van der Waals surface area contributed by atoms with Crippen LogP contribution in [0.4, 0.5) is 0 Å². The Balaban J connectivity index is 1.65. The summed E-state index contributed by atoms with van der Waals surface area (Å²) in [4.78, 5) is 26.1. The minimum Gasteiger partial charge on any atom is -0.318 e. The van der Waals surface area contributed by atoms with Gasteiger partial charge in [-0.1, -0.05) is 31.4 Å². The standard InChI is InChI=1S/C24H27N3O2S/c1-15-13-19(14-21-22(28)25-24(30)26(3)23(21)29)16(2)27(15)20-11-9-18(10-12-20)17-7-5-4-6-8-17/h9-14,17H,4-8H2,1-3H3,(H,25,28,30)/b21-14-. The van der Waals surface area contributed by atoms with E-state index < -0.39 is 5.91 Å². The first-order valence-electron chi connectivity index (χ1n) is 10.5. The lowest BCUT2D eigenvalue weighted by Crippen LogP contribution is -2.52. The highest BCUT2D eigenvalue weighted by Gasteiger charge is 2.31. The fourth-order valence-electron chi connectivity index (χ4n) is 4.56. The van der Waals surface area contributed by atoms with Gasteiger partial charge in [-0.05, 0) is 80.2 Å². The normalized spacial score (nSPS) is 19.5. The zero-order chi connectivity index (χ0) is 21.4. The second kappa shape index (κ2) is 8.19. The highest BCUT2D eigenvalue weighted by atomic mass is 32.1.